The summed E-state index contributed by atoms with van der Waals surface area (Å²) >= 11 is 1.79. The van der Waals surface area contributed by atoms with Gasteiger partial charge in [-0.2, -0.15) is 0 Å². The zero-order chi connectivity index (χ0) is 13.2. The highest BCUT2D eigenvalue weighted by atomic mass is 32.2. The number of hydrogen-bond acceptors (Lipinski definition) is 3. The smallest absolute Gasteiger partial charge is 0.231 e. The third kappa shape index (κ3) is 2.47. The van der Waals surface area contributed by atoms with Crippen molar-refractivity contribution in [2.45, 2.75) is 17.7 Å². The molecule has 3 rings (SSSR count). The van der Waals surface area contributed by atoms with Crippen LogP contribution >= 0.6 is 11.8 Å². The van der Waals surface area contributed by atoms with E-state index in [9.17, 15) is 9.59 Å². The average Bonchev–Trinajstić information content (AvgIpc) is 2.47. The molecule has 0 saturated carbocycles. The second-order valence-corrected chi connectivity index (χ2v) is 5.98. The minimum atomic E-state index is -0.0751. The number of carbonyl (C=O) groups is 2. The minimum Gasteiger partial charge on any atom is -0.355 e. The van der Waals surface area contributed by atoms with Crippen LogP contribution in [0.4, 0.5) is 5.69 Å². The zero-order valence-electron chi connectivity index (χ0n) is 10.6. The number of amides is 2. The van der Waals surface area contributed by atoms with Crippen molar-refractivity contribution in [1.29, 1.82) is 0 Å². The monoisotopic (exact) mass is 276 g/mol. The van der Waals surface area contributed by atoms with Gasteiger partial charge < -0.3 is 10.2 Å². The lowest BCUT2D eigenvalue weighted by Gasteiger charge is -2.33. The van der Waals surface area contributed by atoms with Crippen molar-refractivity contribution < 1.29 is 9.59 Å². The maximum absolute atomic E-state index is 12.6. The van der Waals surface area contributed by atoms with Crippen LogP contribution in [0.25, 0.3) is 0 Å². The number of rotatable bonds is 1. The molecular weight excluding hydrogens is 260 g/mol. The Hall–Kier alpha value is -1.49. The predicted molar refractivity (Wildman–Crippen MR) is 75.3 cm³/mol. The SMILES string of the molecule is O=C1CCC(C(=O)N2CCSc3ccccc32)CN1. The van der Waals surface area contributed by atoms with Crippen LogP contribution < -0.4 is 10.2 Å². The molecule has 1 atom stereocenters. The quantitative estimate of drug-likeness (QED) is 0.848. The molecular formula is C14H16N2O2S. The van der Waals surface area contributed by atoms with Crippen LogP contribution in [0.2, 0.25) is 0 Å². The number of carbonyl (C=O) groups excluding carboxylic acids is 2. The van der Waals surface area contributed by atoms with Gasteiger partial charge in [-0.3, -0.25) is 9.59 Å². The Morgan fingerprint density at radius 2 is 2.21 bits per heavy atom. The molecule has 0 aliphatic carbocycles. The Morgan fingerprint density at radius 1 is 1.37 bits per heavy atom. The van der Waals surface area contributed by atoms with Crippen molar-refractivity contribution in [3.8, 4) is 0 Å². The highest BCUT2D eigenvalue weighted by Crippen LogP contribution is 2.35. The average molecular weight is 276 g/mol. The first kappa shape index (κ1) is 12.5. The highest BCUT2D eigenvalue weighted by molar-refractivity contribution is 7.99. The summed E-state index contributed by atoms with van der Waals surface area (Å²) in [4.78, 5) is 26.8. The van der Waals surface area contributed by atoms with E-state index in [0.717, 1.165) is 18.0 Å². The fourth-order valence-electron chi connectivity index (χ4n) is 2.56. The largest absolute Gasteiger partial charge is 0.355 e. The molecule has 1 saturated heterocycles. The van der Waals surface area contributed by atoms with Crippen molar-refractivity contribution in [1.82, 2.24) is 5.32 Å². The Morgan fingerprint density at radius 3 is 3.00 bits per heavy atom. The first-order chi connectivity index (χ1) is 9.25. The molecule has 0 bridgehead atoms. The third-order valence-electron chi connectivity index (χ3n) is 3.61. The van der Waals surface area contributed by atoms with E-state index >= 15 is 0 Å². The number of thioether (sulfide) groups is 1. The molecule has 0 radical (unpaired) electrons. The van der Waals surface area contributed by atoms with Crippen LogP contribution in [0.15, 0.2) is 29.2 Å². The maximum atomic E-state index is 12.6. The number of hydrogen-bond donors (Lipinski definition) is 1. The zero-order valence-corrected chi connectivity index (χ0v) is 11.4. The molecule has 1 fully saturated rings. The first-order valence-electron chi connectivity index (χ1n) is 6.55. The van der Waals surface area contributed by atoms with E-state index in [-0.39, 0.29) is 17.7 Å². The van der Waals surface area contributed by atoms with Gasteiger partial charge in [-0.05, 0) is 18.6 Å². The van der Waals surface area contributed by atoms with E-state index < -0.39 is 0 Å². The summed E-state index contributed by atoms with van der Waals surface area (Å²) < 4.78 is 0. The van der Waals surface area contributed by atoms with Gasteiger partial charge in [0, 0.05) is 30.2 Å². The summed E-state index contributed by atoms with van der Waals surface area (Å²) in [6.45, 7) is 1.23. The predicted octanol–water partition coefficient (Wildman–Crippen LogP) is 1.65. The molecule has 5 heteroatoms. The summed E-state index contributed by atoms with van der Waals surface area (Å²) in [5, 5.41) is 2.78. The van der Waals surface area contributed by atoms with Gasteiger partial charge in [-0.25, -0.2) is 0 Å². The van der Waals surface area contributed by atoms with Crippen LogP contribution in [0.3, 0.4) is 0 Å². The summed E-state index contributed by atoms with van der Waals surface area (Å²) in [7, 11) is 0. The van der Waals surface area contributed by atoms with Gasteiger partial charge in [0.1, 0.15) is 0 Å². The van der Waals surface area contributed by atoms with Crippen molar-refractivity contribution in [3.05, 3.63) is 24.3 Å². The Bertz CT molecular complexity index is 508. The Kier molecular flexibility index (Phi) is 3.46. The molecule has 0 aromatic heterocycles. The second kappa shape index (κ2) is 5.25. The molecule has 1 unspecified atom stereocenters. The van der Waals surface area contributed by atoms with E-state index in [1.807, 2.05) is 23.1 Å². The van der Waals surface area contributed by atoms with E-state index in [1.54, 1.807) is 11.8 Å². The molecule has 2 amide bonds. The third-order valence-corrected chi connectivity index (χ3v) is 4.65. The van der Waals surface area contributed by atoms with Crippen LogP contribution in [-0.2, 0) is 9.59 Å². The maximum Gasteiger partial charge on any atom is 0.231 e. The molecule has 1 N–H and O–H groups in total. The molecule has 1 aromatic rings. The van der Waals surface area contributed by atoms with E-state index in [4.69, 9.17) is 0 Å². The highest BCUT2D eigenvalue weighted by Gasteiger charge is 2.31. The lowest BCUT2D eigenvalue weighted by atomic mass is 9.97. The molecule has 1 aromatic carbocycles. The van der Waals surface area contributed by atoms with E-state index in [0.29, 0.717) is 19.4 Å². The van der Waals surface area contributed by atoms with Gasteiger partial charge in [0.2, 0.25) is 11.8 Å². The lowest BCUT2D eigenvalue weighted by molar-refractivity contribution is -0.127. The molecule has 19 heavy (non-hydrogen) atoms. The number of nitrogens with one attached hydrogen (secondary N) is 1. The summed E-state index contributed by atoms with van der Waals surface area (Å²) in [6.07, 6.45) is 1.12. The minimum absolute atomic E-state index is 0.0543. The molecule has 2 aliphatic heterocycles. The van der Waals surface area contributed by atoms with Gasteiger partial charge in [0.25, 0.3) is 0 Å². The van der Waals surface area contributed by atoms with Crippen molar-refractivity contribution in [2.24, 2.45) is 5.92 Å². The normalized spacial score (nSPS) is 22.6. The fourth-order valence-corrected chi connectivity index (χ4v) is 3.56. The number of anilines is 1. The van der Waals surface area contributed by atoms with Crippen molar-refractivity contribution in [2.75, 3.05) is 23.7 Å². The lowest BCUT2D eigenvalue weighted by Crippen LogP contribution is -2.46. The Balaban J connectivity index is 1.79. The second-order valence-electron chi connectivity index (χ2n) is 4.85. The molecule has 2 aliphatic rings. The van der Waals surface area contributed by atoms with Crippen LogP contribution in [0.5, 0.6) is 0 Å². The van der Waals surface area contributed by atoms with Crippen LogP contribution in [-0.4, -0.2) is 30.7 Å². The van der Waals surface area contributed by atoms with Crippen LogP contribution in [0.1, 0.15) is 12.8 Å². The summed E-state index contributed by atoms with van der Waals surface area (Å²) in [5.41, 5.74) is 1.01. The van der Waals surface area contributed by atoms with Crippen molar-refractivity contribution in [3.63, 3.8) is 0 Å². The fraction of sp³-hybridized carbons (Fsp3) is 0.429. The van der Waals surface area contributed by atoms with Gasteiger partial charge in [-0.1, -0.05) is 12.1 Å². The molecule has 0 spiro atoms. The molecule has 4 nitrogen and oxygen atoms in total. The van der Waals surface area contributed by atoms with E-state index in [2.05, 4.69) is 11.4 Å². The van der Waals surface area contributed by atoms with Gasteiger partial charge >= 0.3 is 0 Å². The molecule has 2 heterocycles. The van der Waals surface area contributed by atoms with Crippen molar-refractivity contribution >= 4 is 29.3 Å². The van der Waals surface area contributed by atoms with E-state index in [1.165, 1.54) is 4.90 Å². The number of benzene rings is 1. The Labute approximate surface area is 116 Å². The number of fused-ring (bicyclic) bond motifs is 1. The van der Waals surface area contributed by atoms with Gasteiger partial charge in [0.15, 0.2) is 0 Å². The topological polar surface area (TPSA) is 49.4 Å². The molecule has 100 valence electrons. The van der Waals surface area contributed by atoms with Crippen LogP contribution in [0, 0.1) is 5.92 Å². The number of piperidine rings is 1. The van der Waals surface area contributed by atoms with Gasteiger partial charge in [-0.15, -0.1) is 11.8 Å². The summed E-state index contributed by atoms with van der Waals surface area (Å²) in [6, 6.07) is 8.02. The summed E-state index contributed by atoms with van der Waals surface area (Å²) in [5.74, 6) is 1.06. The standard InChI is InChI=1S/C14H16N2O2S/c17-13-6-5-10(9-15-13)14(18)16-7-8-19-12-4-2-1-3-11(12)16/h1-4,10H,5-9H2,(H,15,17). The first-order valence-corrected chi connectivity index (χ1v) is 7.54. The number of para-hydroxylation sites is 1. The van der Waals surface area contributed by atoms with Gasteiger partial charge in [0.05, 0.1) is 11.6 Å². The number of nitrogens with zero attached hydrogens (tertiary/aromatic N) is 1.